The van der Waals surface area contributed by atoms with Gasteiger partial charge in [0.15, 0.2) is 31.5 Å². The summed E-state index contributed by atoms with van der Waals surface area (Å²) in [6.07, 6.45) is -30.2. The fraction of sp³-hybridized carbons (Fsp3) is 1.00. The second-order valence-corrected chi connectivity index (χ2v) is 28.9. The van der Waals surface area contributed by atoms with E-state index < -0.39 is 224 Å². The number of unbranched alkanes of at least 4 members (excludes halogenated alkanes) is 12. The van der Waals surface area contributed by atoms with E-state index >= 15 is 0 Å². The van der Waals surface area contributed by atoms with E-state index in [9.17, 15) is 91.9 Å². The lowest BCUT2D eigenvalue weighted by molar-refractivity contribution is -0.367. The van der Waals surface area contributed by atoms with Gasteiger partial charge in [-0.2, -0.15) is 0 Å². The molecule has 18 N–H and O–H groups in total. The minimum Gasteiger partial charge on any atom is -0.394 e. The fourth-order valence-electron chi connectivity index (χ4n) is 12.8. The lowest BCUT2D eigenvalue weighted by Crippen LogP contribution is -2.65. The topological polar surface area (TPSA) is 521 Å². The molecule has 35 nitrogen and oxygen atoms in total. The third-order valence-electron chi connectivity index (χ3n) is 19.6. The summed E-state index contributed by atoms with van der Waals surface area (Å²) in [7, 11) is 0. The molecule has 0 saturated carbocycles. The molecule has 5 fully saturated rings. The molecule has 5 rings (SSSR count). The van der Waals surface area contributed by atoms with Crippen LogP contribution in [0.2, 0.25) is 0 Å². The van der Waals surface area contributed by atoms with Crippen molar-refractivity contribution in [2.24, 2.45) is 23.2 Å². The molecule has 0 bridgehead atoms. The number of hydrogen-bond acceptors (Lipinski definition) is 35. The van der Waals surface area contributed by atoms with Gasteiger partial charge >= 0.3 is 0 Å². The Balaban J connectivity index is 1.53. The highest BCUT2D eigenvalue weighted by Crippen LogP contribution is 2.36. The first kappa shape index (κ1) is 95.2. The van der Waals surface area contributed by atoms with Crippen molar-refractivity contribution in [2.75, 3.05) is 145 Å². The van der Waals surface area contributed by atoms with Crippen LogP contribution < -0.4 is 0 Å². The molecule has 5 heterocycles. The summed E-state index contributed by atoms with van der Waals surface area (Å²) in [6, 6.07) is 0. The summed E-state index contributed by atoms with van der Waals surface area (Å²) >= 11 is 0. The molecule has 0 aromatic carbocycles. The predicted molar refractivity (Wildman–Crippen MR) is 370 cm³/mol. The highest BCUT2D eigenvalue weighted by Gasteiger charge is 2.55. The van der Waals surface area contributed by atoms with Crippen LogP contribution in [-0.4, -0.2) is 391 Å². The van der Waals surface area contributed by atoms with Crippen LogP contribution in [0.1, 0.15) is 130 Å². The van der Waals surface area contributed by atoms with Crippen molar-refractivity contribution in [1.29, 1.82) is 0 Å². The fourth-order valence-corrected chi connectivity index (χ4v) is 12.8. The molecule has 5 aliphatic rings. The van der Waals surface area contributed by atoms with E-state index in [2.05, 4.69) is 27.7 Å². The van der Waals surface area contributed by atoms with Crippen LogP contribution in [0.25, 0.3) is 0 Å². The Bertz CT molecular complexity index is 2020. The third-order valence-corrected chi connectivity index (χ3v) is 19.6. The van der Waals surface area contributed by atoms with Crippen LogP contribution in [0, 0.1) is 23.2 Å². The van der Waals surface area contributed by atoms with E-state index in [4.69, 9.17) is 80.5 Å². The van der Waals surface area contributed by atoms with Gasteiger partial charge in [-0.05, 0) is 25.7 Å². The first-order chi connectivity index (χ1) is 51.1. The van der Waals surface area contributed by atoms with Crippen molar-refractivity contribution in [3.8, 4) is 0 Å². The van der Waals surface area contributed by atoms with Crippen LogP contribution in [0.3, 0.4) is 0 Å². The maximum Gasteiger partial charge on any atom is 0.187 e. The molecule has 26 atom stereocenters. The van der Waals surface area contributed by atoms with Crippen LogP contribution in [0.4, 0.5) is 0 Å². The van der Waals surface area contributed by atoms with Gasteiger partial charge in [-0.1, -0.05) is 105 Å². The Kier molecular flexibility index (Phi) is 47.5. The molecule has 628 valence electrons. The first-order valence-electron chi connectivity index (χ1n) is 38.5. The van der Waals surface area contributed by atoms with Crippen molar-refractivity contribution in [3.63, 3.8) is 0 Å². The van der Waals surface area contributed by atoms with Crippen molar-refractivity contribution >= 4 is 0 Å². The van der Waals surface area contributed by atoms with Crippen molar-refractivity contribution < 1.29 is 172 Å². The Hall–Kier alpha value is -1.40. The summed E-state index contributed by atoms with van der Waals surface area (Å²) in [6.45, 7) is 4.99. The standard InChI is InChI=1S/C71H134O35/c1-5-9-13-17-21-90-30-43(31-91-22-18-14-10-6-2)34-94-36-45(37-95-35-44(32-92-23-19-15-11-7-3)33-93-24-20-16-12-8-4)38-96-39-71(40-97-66-59(85)54(80)51(77)46(25-72)100-66,41-98-67-62(88)57(83)64(49(28-75)103-67)105-69-60(86)55(81)52(78)47(26-73)101-69)42-99-68-63(89)58(84)65(50(29-76)104-68)106-70-61(87)56(82)53(79)48(27-74)102-70/h43-70,72-89H,5-42H2,1-4H3/t46?,47?,48?,49?,50?,51-,52-,53-,54+,55+,56+,57-,58-,59?,60?,61?,62?,63?,64-,65+,66-,67-,68-,69-,70-,71?/m1/s1. The SMILES string of the molecule is CCCCCCOCC(COCCCCCC)COCC(COCC(COCCCCCC)COCCCCCC)COCC(CO[C@@H]1OC(CO)[C@@H](O)[C@H](O)C1O)(CO[C@@H]1OC(CO)[C@@H](O[C@H]2OC(CO)[C@@H](O)[C@H](O)C2O)[C@H](O)C1O)CO[C@@H]1OC(CO)[C@H](O[C@H]2OC(CO)[C@@H](O)[C@H](O)C2O)[C@H](O)C1O. The normalized spacial score (nSPS) is 34.6. The average molecular weight is 1550 g/mol. The van der Waals surface area contributed by atoms with Crippen molar-refractivity contribution in [3.05, 3.63) is 0 Å². The molecule has 5 aliphatic heterocycles. The van der Waals surface area contributed by atoms with E-state index in [1.54, 1.807) is 0 Å². The second-order valence-electron chi connectivity index (χ2n) is 28.9. The number of aliphatic hydroxyl groups excluding tert-OH is 18. The minimum atomic E-state index is -2.13. The molecule has 106 heavy (non-hydrogen) atoms. The number of aliphatic hydroxyl groups is 18. The van der Waals surface area contributed by atoms with E-state index in [0.29, 0.717) is 52.9 Å². The van der Waals surface area contributed by atoms with Gasteiger partial charge < -0.3 is 172 Å². The zero-order valence-electron chi connectivity index (χ0n) is 62.5. The molecule has 0 aliphatic carbocycles. The maximum absolute atomic E-state index is 11.9. The molecule has 35 heteroatoms. The average Bonchev–Trinajstić information content (AvgIpc) is 0.790. The largest absolute Gasteiger partial charge is 0.394 e. The second kappa shape index (κ2) is 52.9. The van der Waals surface area contributed by atoms with Gasteiger partial charge in [0.25, 0.3) is 0 Å². The molecule has 0 aromatic rings. The van der Waals surface area contributed by atoms with Crippen LogP contribution in [-0.2, 0) is 80.5 Å². The van der Waals surface area contributed by atoms with Gasteiger partial charge in [-0.25, -0.2) is 0 Å². The molecule has 0 radical (unpaired) electrons. The number of rotatable bonds is 58. The summed E-state index contributed by atoms with van der Waals surface area (Å²) < 4.78 is 104. The van der Waals surface area contributed by atoms with Crippen molar-refractivity contribution in [2.45, 2.75) is 284 Å². The Morgan fingerprint density at radius 2 is 0.500 bits per heavy atom. The van der Waals surface area contributed by atoms with Gasteiger partial charge in [0.2, 0.25) is 0 Å². The van der Waals surface area contributed by atoms with E-state index in [-0.39, 0.29) is 44.9 Å². The minimum absolute atomic E-state index is 0.0290. The number of ether oxygens (including phenoxy) is 17. The van der Waals surface area contributed by atoms with Gasteiger partial charge in [-0.15, -0.1) is 0 Å². The van der Waals surface area contributed by atoms with E-state index in [0.717, 1.165) is 103 Å². The summed E-state index contributed by atoms with van der Waals surface area (Å²) in [4.78, 5) is 0. The van der Waals surface area contributed by atoms with E-state index in [1.165, 1.54) is 0 Å². The Morgan fingerprint density at radius 3 is 0.783 bits per heavy atom. The smallest absolute Gasteiger partial charge is 0.187 e. The molecule has 0 aromatic heterocycles. The van der Waals surface area contributed by atoms with Gasteiger partial charge in [0, 0.05) is 44.2 Å². The van der Waals surface area contributed by atoms with Crippen LogP contribution in [0.15, 0.2) is 0 Å². The summed E-state index contributed by atoms with van der Waals surface area (Å²) in [5.74, 6) is -0.959. The number of hydrogen-bond donors (Lipinski definition) is 18. The first-order valence-corrected chi connectivity index (χ1v) is 38.5. The zero-order chi connectivity index (χ0) is 77.6. The summed E-state index contributed by atoms with van der Waals surface area (Å²) in [5, 5.41) is 195. The zero-order valence-corrected chi connectivity index (χ0v) is 62.5. The van der Waals surface area contributed by atoms with Gasteiger partial charge in [0.1, 0.15) is 122 Å². The van der Waals surface area contributed by atoms with Crippen LogP contribution in [0.5, 0.6) is 0 Å². The maximum atomic E-state index is 11.9. The van der Waals surface area contributed by atoms with Gasteiger partial charge in [0.05, 0.1) is 124 Å². The quantitative estimate of drug-likeness (QED) is 0.0261. The summed E-state index contributed by atoms with van der Waals surface area (Å²) in [5.41, 5.74) is -1.95. The Morgan fingerprint density at radius 1 is 0.255 bits per heavy atom. The molecule has 0 spiro atoms. The molecular weight excluding hydrogens is 1410 g/mol. The molecular formula is C71H134O35. The highest BCUT2D eigenvalue weighted by molar-refractivity contribution is 4.97. The lowest BCUT2D eigenvalue weighted by Gasteiger charge is -2.47. The lowest BCUT2D eigenvalue weighted by atomic mass is 9.91. The highest BCUT2D eigenvalue weighted by atomic mass is 16.8. The molecule has 5 saturated heterocycles. The third kappa shape index (κ3) is 30.7. The molecule has 11 unspecified atom stereocenters. The monoisotopic (exact) mass is 1550 g/mol. The Labute approximate surface area is 622 Å². The van der Waals surface area contributed by atoms with Crippen LogP contribution >= 0.6 is 0 Å². The molecule has 0 amide bonds. The van der Waals surface area contributed by atoms with E-state index in [1.807, 2.05) is 0 Å². The predicted octanol–water partition coefficient (Wildman–Crippen LogP) is -3.64. The van der Waals surface area contributed by atoms with Crippen molar-refractivity contribution in [1.82, 2.24) is 0 Å². The van der Waals surface area contributed by atoms with Gasteiger partial charge in [-0.3, -0.25) is 0 Å².